The van der Waals surface area contributed by atoms with Crippen molar-refractivity contribution in [2.24, 2.45) is 11.8 Å². The summed E-state index contributed by atoms with van der Waals surface area (Å²) in [5.41, 5.74) is -0.430. The summed E-state index contributed by atoms with van der Waals surface area (Å²) in [4.78, 5) is 12.3. The predicted octanol–water partition coefficient (Wildman–Crippen LogP) is 1.39. The van der Waals surface area contributed by atoms with Crippen molar-refractivity contribution in [1.82, 2.24) is 9.62 Å². The molecule has 1 unspecified atom stereocenters. The lowest BCUT2D eigenvalue weighted by atomic mass is 9.87. The molecule has 0 radical (unpaired) electrons. The average Bonchev–Trinajstić information content (AvgIpc) is 3.37. The van der Waals surface area contributed by atoms with Gasteiger partial charge in [-0.2, -0.15) is 4.31 Å². The van der Waals surface area contributed by atoms with Crippen LogP contribution in [0.25, 0.3) is 0 Å². The minimum Gasteiger partial charge on any atom is -0.497 e. The number of rotatable bonds is 7. The van der Waals surface area contributed by atoms with Gasteiger partial charge >= 0.3 is 0 Å². The fourth-order valence-corrected chi connectivity index (χ4v) is 5.46. The molecule has 8 heteroatoms. The van der Waals surface area contributed by atoms with Crippen LogP contribution < -0.4 is 10.1 Å². The van der Waals surface area contributed by atoms with E-state index in [1.54, 1.807) is 31.4 Å². The second kappa shape index (κ2) is 7.07. The molecule has 3 aliphatic rings. The zero-order valence-electron chi connectivity index (χ0n) is 15.5. The molecule has 1 amide bonds. The van der Waals surface area contributed by atoms with Gasteiger partial charge in [-0.15, -0.1) is 0 Å². The highest BCUT2D eigenvalue weighted by Crippen LogP contribution is 2.41. The van der Waals surface area contributed by atoms with E-state index in [1.807, 2.05) is 0 Å². The van der Waals surface area contributed by atoms with E-state index in [0.29, 0.717) is 37.8 Å². The molecule has 2 aliphatic heterocycles. The minimum absolute atomic E-state index is 0.0783. The van der Waals surface area contributed by atoms with Crippen LogP contribution in [0.5, 0.6) is 5.75 Å². The summed E-state index contributed by atoms with van der Waals surface area (Å²) in [6.45, 7) is 2.00. The van der Waals surface area contributed by atoms with E-state index >= 15 is 0 Å². The van der Waals surface area contributed by atoms with Gasteiger partial charge in [-0.05, 0) is 55.4 Å². The Morgan fingerprint density at radius 1 is 1.26 bits per heavy atom. The van der Waals surface area contributed by atoms with Crippen LogP contribution in [0.3, 0.4) is 0 Å². The number of nitrogens with one attached hydrogen (secondary N) is 1. The molecule has 1 aliphatic carbocycles. The van der Waals surface area contributed by atoms with Gasteiger partial charge in [-0.25, -0.2) is 8.42 Å². The third-order valence-electron chi connectivity index (χ3n) is 5.67. The minimum atomic E-state index is -3.52. The topological polar surface area (TPSA) is 84.9 Å². The van der Waals surface area contributed by atoms with Crippen molar-refractivity contribution >= 4 is 15.9 Å². The molecule has 27 heavy (non-hydrogen) atoms. The van der Waals surface area contributed by atoms with Crippen LogP contribution >= 0.6 is 0 Å². The van der Waals surface area contributed by atoms with Gasteiger partial charge in [0.2, 0.25) is 15.9 Å². The molecule has 3 fully saturated rings. The zero-order chi connectivity index (χ0) is 19.1. The number of nitrogens with zero attached hydrogens (tertiary/aromatic N) is 1. The molecule has 4 rings (SSSR count). The van der Waals surface area contributed by atoms with Crippen LogP contribution in [0.15, 0.2) is 29.2 Å². The Morgan fingerprint density at radius 2 is 1.96 bits per heavy atom. The summed E-state index contributed by atoms with van der Waals surface area (Å²) in [6.07, 6.45) is 3.63. The molecule has 7 nitrogen and oxygen atoms in total. The van der Waals surface area contributed by atoms with E-state index < -0.39 is 15.6 Å². The molecule has 1 saturated carbocycles. The Morgan fingerprint density at radius 3 is 2.59 bits per heavy atom. The van der Waals surface area contributed by atoms with E-state index in [4.69, 9.17) is 9.47 Å². The first-order valence-electron chi connectivity index (χ1n) is 9.45. The van der Waals surface area contributed by atoms with Crippen molar-refractivity contribution in [2.45, 2.75) is 36.2 Å². The Balaban J connectivity index is 1.29. The summed E-state index contributed by atoms with van der Waals surface area (Å²) in [6, 6.07) is 6.40. The Bertz CT molecular complexity index is 798. The molecule has 1 aromatic rings. The van der Waals surface area contributed by atoms with Gasteiger partial charge in [0.15, 0.2) is 0 Å². The molecule has 2 heterocycles. The number of benzene rings is 1. The molecule has 0 bridgehead atoms. The first kappa shape index (κ1) is 18.7. The summed E-state index contributed by atoms with van der Waals surface area (Å²) in [5.74, 6) is 1.53. The maximum Gasteiger partial charge on any atom is 0.243 e. The van der Waals surface area contributed by atoms with Crippen LogP contribution in [-0.4, -0.2) is 57.6 Å². The molecule has 1 aromatic carbocycles. The van der Waals surface area contributed by atoms with Crippen LogP contribution in [0, 0.1) is 11.8 Å². The number of carbonyl (C=O) groups excluding carboxylic acids is 1. The quantitative estimate of drug-likeness (QED) is 0.755. The van der Waals surface area contributed by atoms with Crippen LogP contribution in [0.2, 0.25) is 0 Å². The molecular weight excluding hydrogens is 368 g/mol. The number of carbonyl (C=O) groups is 1. The van der Waals surface area contributed by atoms with Crippen LogP contribution in [0.1, 0.15) is 25.7 Å². The van der Waals surface area contributed by atoms with E-state index in [2.05, 4.69) is 5.32 Å². The molecular formula is C19H26N2O5S. The SMILES string of the molecule is COc1ccc(S(=O)(=O)N2CC3(CC(CC(=O)NCC4CC4)CO3)C2)cc1. The summed E-state index contributed by atoms with van der Waals surface area (Å²) < 4.78 is 37.9. The Kier molecular flexibility index (Phi) is 4.90. The van der Waals surface area contributed by atoms with Crippen molar-refractivity contribution in [1.29, 1.82) is 0 Å². The van der Waals surface area contributed by atoms with Gasteiger partial charge in [0.1, 0.15) is 5.75 Å². The van der Waals surface area contributed by atoms with Gasteiger partial charge in [-0.1, -0.05) is 0 Å². The average molecular weight is 394 g/mol. The summed E-state index contributed by atoms with van der Waals surface area (Å²) >= 11 is 0. The predicted molar refractivity (Wildman–Crippen MR) is 98.9 cm³/mol. The third kappa shape index (κ3) is 3.97. The van der Waals surface area contributed by atoms with Gasteiger partial charge in [0, 0.05) is 26.1 Å². The highest BCUT2D eigenvalue weighted by atomic mass is 32.2. The number of amides is 1. The van der Waals surface area contributed by atoms with Crippen molar-refractivity contribution in [3.63, 3.8) is 0 Å². The van der Waals surface area contributed by atoms with Crippen LogP contribution in [0.4, 0.5) is 0 Å². The van der Waals surface area contributed by atoms with Gasteiger partial charge < -0.3 is 14.8 Å². The molecule has 148 valence electrons. The normalized spacial score (nSPS) is 24.6. The van der Waals surface area contributed by atoms with Gasteiger partial charge in [0.05, 0.1) is 24.2 Å². The van der Waals surface area contributed by atoms with Gasteiger partial charge in [0.25, 0.3) is 0 Å². The summed E-state index contributed by atoms with van der Waals surface area (Å²) in [5, 5.41) is 2.99. The van der Waals surface area contributed by atoms with Crippen molar-refractivity contribution < 1.29 is 22.7 Å². The van der Waals surface area contributed by atoms with E-state index in [9.17, 15) is 13.2 Å². The van der Waals surface area contributed by atoms with Crippen molar-refractivity contribution in [3.8, 4) is 5.75 Å². The fourth-order valence-electron chi connectivity index (χ4n) is 3.87. The van der Waals surface area contributed by atoms with E-state index in [1.165, 1.54) is 17.1 Å². The molecule has 2 saturated heterocycles. The maximum absolute atomic E-state index is 12.7. The Hall–Kier alpha value is -1.64. The van der Waals surface area contributed by atoms with E-state index in [0.717, 1.165) is 13.0 Å². The van der Waals surface area contributed by atoms with Crippen LogP contribution in [-0.2, 0) is 19.6 Å². The highest BCUT2D eigenvalue weighted by Gasteiger charge is 2.53. The lowest BCUT2D eigenvalue weighted by molar-refractivity contribution is -0.122. The molecule has 1 spiro atoms. The molecule has 1 atom stereocenters. The summed E-state index contributed by atoms with van der Waals surface area (Å²) in [7, 11) is -1.98. The largest absolute Gasteiger partial charge is 0.497 e. The number of sulfonamides is 1. The standard InChI is InChI=1S/C19H26N2O5S/c1-25-16-4-6-17(7-5-16)27(23,24)21-12-19(13-21)9-15(11-26-19)8-18(22)20-10-14-2-3-14/h4-7,14-15H,2-3,8-13H2,1H3,(H,20,22). The fraction of sp³-hybridized carbons (Fsp3) is 0.632. The molecule has 1 N–H and O–H groups in total. The monoisotopic (exact) mass is 394 g/mol. The maximum atomic E-state index is 12.7. The van der Waals surface area contributed by atoms with Crippen molar-refractivity contribution in [2.75, 3.05) is 33.4 Å². The second-order valence-corrected chi connectivity index (χ2v) is 9.90. The Labute approximate surface area is 160 Å². The number of methoxy groups -OCH3 is 1. The first-order valence-corrected chi connectivity index (χ1v) is 10.9. The lowest BCUT2D eigenvalue weighted by Gasteiger charge is -2.46. The number of ether oxygens (including phenoxy) is 2. The third-order valence-corrected chi connectivity index (χ3v) is 7.48. The highest BCUT2D eigenvalue weighted by molar-refractivity contribution is 7.89. The number of hydrogen-bond donors (Lipinski definition) is 1. The lowest BCUT2D eigenvalue weighted by Crippen LogP contribution is -2.63. The second-order valence-electron chi connectivity index (χ2n) is 7.96. The van der Waals surface area contributed by atoms with Crippen molar-refractivity contribution in [3.05, 3.63) is 24.3 Å². The molecule has 0 aromatic heterocycles. The smallest absolute Gasteiger partial charge is 0.243 e. The van der Waals surface area contributed by atoms with E-state index in [-0.39, 0.29) is 16.7 Å². The van der Waals surface area contributed by atoms with Gasteiger partial charge in [-0.3, -0.25) is 4.79 Å². The first-order chi connectivity index (χ1) is 12.9. The zero-order valence-corrected chi connectivity index (χ0v) is 16.3. The number of hydrogen-bond acceptors (Lipinski definition) is 5.